The second-order valence-corrected chi connectivity index (χ2v) is 6.01. The third kappa shape index (κ3) is 3.56. The summed E-state index contributed by atoms with van der Waals surface area (Å²) in [5, 5.41) is 4.12. The molecule has 0 aromatic carbocycles. The highest BCUT2D eigenvalue weighted by Crippen LogP contribution is 2.19. The molecule has 2 N–H and O–H groups in total. The number of rotatable bonds is 5. The summed E-state index contributed by atoms with van der Waals surface area (Å²) in [5.74, 6) is 1.58. The van der Waals surface area contributed by atoms with Crippen molar-refractivity contribution >= 4 is 0 Å². The Hall–Kier alpha value is -0.980. The zero-order valence-corrected chi connectivity index (χ0v) is 13.0. The second-order valence-electron chi connectivity index (χ2n) is 6.01. The van der Waals surface area contributed by atoms with E-state index in [1.807, 2.05) is 6.92 Å². The van der Waals surface area contributed by atoms with Crippen LogP contribution in [0.25, 0.3) is 0 Å². The Morgan fingerprint density at radius 3 is 2.85 bits per heavy atom. The van der Waals surface area contributed by atoms with Crippen molar-refractivity contribution in [1.29, 1.82) is 0 Å². The van der Waals surface area contributed by atoms with E-state index in [-0.39, 0.29) is 12.0 Å². The minimum atomic E-state index is 0.0757. The summed E-state index contributed by atoms with van der Waals surface area (Å²) in [7, 11) is 4.32. The van der Waals surface area contributed by atoms with Crippen LogP contribution in [0.2, 0.25) is 0 Å². The summed E-state index contributed by atoms with van der Waals surface area (Å²) in [6.45, 7) is 7.37. The molecule has 0 radical (unpaired) electrons. The van der Waals surface area contributed by atoms with E-state index < -0.39 is 0 Å². The average Bonchev–Trinajstić information content (AvgIpc) is 2.89. The topological polar surface area (TPSA) is 71.4 Å². The first-order valence-electron chi connectivity index (χ1n) is 7.48. The second kappa shape index (κ2) is 6.65. The molecule has 6 heteroatoms. The Balaban J connectivity index is 1.98. The van der Waals surface area contributed by atoms with Crippen molar-refractivity contribution in [3.05, 3.63) is 11.7 Å². The molecule has 6 nitrogen and oxygen atoms in total. The number of nitrogens with zero attached hydrogens (tertiary/aromatic N) is 4. The van der Waals surface area contributed by atoms with Gasteiger partial charge >= 0.3 is 0 Å². The van der Waals surface area contributed by atoms with Crippen LogP contribution in [0.4, 0.5) is 0 Å². The lowest BCUT2D eigenvalue weighted by atomic mass is 10.0. The molecule has 0 spiro atoms. The molecule has 3 unspecified atom stereocenters. The zero-order chi connectivity index (χ0) is 14.7. The van der Waals surface area contributed by atoms with Crippen LogP contribution in [0.3, 0.4) is 0 Å². The van der Waals surface area contributed by atoms with E-state index in [4.69, 9.17) is 10.3 Å². The van der Waals surface area contributed by atoms with Gasteiger partial charge in [-0.3, -0.25) is 0 Å². The van der Waals surface area contributed by atoms with Gasteiger partial charge < -0.3 is 20.1 Å². The van der Waals surface area contributed by atoms with E-state index in [0.717, 1.165) is 38.3 Å². The van der Waals surface area contributed by atoms with Crippen LogP contribution in [0, 0.1) is 0 Å². The number of hydrogen-bond donors (Lipinski definition) is 1. The fourth-order valence-corrected chi connectivity index (χ4v) is 2.60. The molecule has 1 fully saturated rings. The van der Waals surface area contributed by atoms with Crippen molar-refractivity contribution in [2.75, 3.05) is 33.7 Å². The molecule has 1 aliphatic rings. The Bertz CT molecular complexity index is 421. The lowest BCUT2D eigenvalue weighted by Gasteiger charge is -2.37. The molecule has 20 heavy (non-hydrogen) atoms. The third-order valence-corrected chi connectivity index (χ3v) is 4.39. The molecule has 0 amide bonds. The summed E-state index contributed by atoms with van der Waals surface area (Å²) >= 11 is 0. The highest BCUT2D eigenvalue weighted by Gasteiger charge is 2.25. The van der Waals surface area contributed by atoms with Crippen LogP contribution >= 0.6 is 0 Å². The van der Waals surface area contributed by atoms with Gasteiger partial charge in [-0.1, -0.05) is 19.0 Å². The van der Waals surface area contributed by atoms with E-state index in [0.29, 0.717) is 11.9 Å². The Morgan fingerprint density at radius 2 is 2.15 bits per heavy atom. The first-order valence-corrected chi connectivity index (χ1v) is 7.48. The molecule has 2 rings (SSSR count). The summed E-state index contributed by atoms with van der Waals surface area (Å²) < 4.78 is 5.38. The van der Waals surface area contributed by atoms with Gasteiger partial charge in [0.1, 0.15) is 0 Å². The number of hydrogen-bond acceptors (Lipinski definition) is 6. The molecule has 0 saturated carbocycles. The molecule has 0 aliphatic carbocycles. The predicted molar refractivity (Wildman–Crippen MR) is 78.6 cm³/mol. The molecule has 1 aliphatic heterocycles. The maximum absolute atomic E-state index is 6.04. The van der Waals surface area contributed by atoms with Gasteiger partial charge in [0.05, 0.1) is 5.92 Å². The molecule has 0 bridgehead atoms. The van der Waals surface area contributed by atoms with E-state index in [1.54, 1.807) is 0 Å². The average molecular weight is 281 g/mol. The van der Waals surface area contributed by atoms with Gasteiger partial charge in [0.25, 0.3) is 0 Å². The van der Waals surface area contributed by atoms with E-state index in [2.05, 4.69) is 41.0 Å². The number of likely N-dealkylation sites (N-methyl/N-ethyl adjacent to an activating group) is 2. The van der Waals surface area contributed by atoms with E-state index >= 15 is 0 Å². The fraction of sp³-hybridized carbons (Fsp3) is 0.857. The van der Waals surface area contributed by atoms with Gasteiger partial charge in [-0.2, -0.15) is 4.98 Å². The van der Waals surface area contributed by atoms with Crippen LogP contribution in [-0.2, 0) is 6.42 Å². The summed E-state index contributed by atoms with van der Waals surface area (Å²) in [6, 6.07) is 0.529. The Labute approximate surface area is 121 Å². The predicted octanol–water partition coefficient (Wildman–Crippen LogP) is 0.699. The molecular formula is C14H27N5O. The Kier molecular flexibility index (Phi) is 5.12. The van der Waals surface area contributed by atoms with Crippen molar-refractivity contribution in [2.45, 2.75) is 44.7 Å². The quantitative estimate of drug-likeness (QED) is 0.856. The molecule has 3 atom stereocenters. The minimum absolute atomic E-state index is 0.0757. The van der Waals surface area contributed by atoms with E-state index in [9.17, 15) is 0 Å². The molecule has 1 aromatic rings. The van der Waals surface area contributed by atoms with Gasteiger partial charge in [-0.15, -0.1) is 0 Å². The molecular weight excluding hydrogens is 254 g/mol. The van der Waals surface area contributed by atoms with Gasteiger partial charge in [0.2, 0.25) is 5.89 Å². The maximum atomic E-state index is 6.04. The standard InChI is InChI=1S/C14H27N5O/c1-5-12(15)10(2)14-16-13(17-20-14)8-11-9-18(3)6-7-19(11)4/h10-12H,5-9,15H2,1-4H3. The lowest BCUT2D eigenvalue weighted by Crippen LogP contribution is -2.50. The first-order chi connectivity index (χ1) is 9.51. The smallest absolute Gasteiger partial charge is 0.231 e. The van der Waals surface area contributed by atoms with Crippen molar-refractivity contribution in [1.82, 2.24) is 19.9 Å². The van der Waals surface area contributed by atoms with Crippen LogP contribution in [-0.4, -0.2) is 65.8 Å². The van der Waals surface area contributed by atoms with Gasteiger partial charge in [0.15, 0.2) is 5.82 Å². The third-order valence-electron chi connectivity index (χ3n) is 4.39. The minimum Gasteiger partial charge on any atom is -0.339 e. The van der Waals surface area contributed by atoms with Crippen LogP contribution in [0.15, 0.2) is 4.52 Å². The maximum Gasteiger partial charge on any atom is 0.231 e. The number of aromatic nitrogens is 2. The Morgan fingerprint density at radius 1 is 1.40 bits per heavy atom. The van der Waals surface area contributed by atoms with Gasteiger partial charge in [-0.05, 0) is 20.5 Å². The van der Waals surface area contributed by atoms with Crippen LogP contribution < -0.4 is 5.73 Å². The first kappa shape index (κ1) is 15.4. The summed E-state index contributed by atoms with van der Waals surface area (Å²) in [5.41, 5.74) is 6.04. The van der Waals surface area contributed by atoms with Gasteiger partial charge in [0, 0.05) is 38.1 Å². The molecule has 2 heterocycles. The van der Waals surface area contributed by atoms with Gasteiger partial charge in [-0.25, -0.2) is 0 Å². The van der Waals surface area contributed by atoms with E-state index in [1.165, 1.54) is 0 Å². The largest absolute Gasteiger partial charge is 0.339 e. The SMILES string of the molecule is CCC(N)C(C)c1nc(CC2CN(C)CCN2C)no1. The number of piperazine rings is 1. The van der Waals surface area contributed by atoms with Crippen molar-refractivity contribution in [3.8, 4) is 0 Å². The lowest BCUT2D eigenvalue weighted by molar-refractivity contribution is 0.113. The highest BCUT2D eigenvalue weighted by molar-refractivity contribution is 4.98. The van der Waals surface area contributed by atoms with Crippen molar-refractivity contribution in [2.24, 2.45) is 5.73 Å². The van der Waals surface area contributed by atoms with Crippen LogP contribution in [0.5, 0.6) is 0 Å². The normalized spacial score (nSPS) is 24.8. The summed E-state index contributed by atoms with van der Waals surface area (Å²) in [4.78, 5) is 9.25. The van der Waals surface area contributed by atoms with Crippen LogP contribution in [0.1, 0.15) is 37.9 Å². The highest BCUT2D eigenvalue weighted by atomic mass is 16.5. The van der Waals surface area contributed by atoms with Crippen molar-refractivity contribution in [3.63, 3.8) is 0 Å². The monoisotopic (exact) mass is 281 g/mol. The fourth-order valence-electron chi connectivity index (χ4n) is 2.60. The van der Waals surface area contributed by atoms with Crippen molar-refractivity contribution < 1.29 is 4.52 Å². The zero-order valence-electron chi connectivity index (χ0n) is 13.0. The number of nitrogens with two attached hydrogens (primary N) is 1. The molecule has 114 valence electrons. The summed E-state index contributed by atoms with van der Waals surface area (Å²) in [6.07, 6.45) is 1.74. The molecule has 1 aromatic heterocycles. The molecule has 1 saturated heterocycles.